The molecule has 1 heterocycles. The molecule has 1 N–H and O–H groups in total. The fourth-order valence-electron chi connectivity index (χ4n) is 1.22. The normalized spacial score (nSPS) is 11.2. The lowest BCUT2D eigenvalue weighted by molar-refractivity contribution is -0.117. The minimum absolute atomic E-state index is 0.0132. The molecule has 1 amide bonds. The number of rotatable bonds is 4. The zero-order valence-corrected chi connectivity index (χ0v) is 9.16. The van der Waals surface area contributed by atoms with Crippen LogP contribution >= 0.6 is 0 Å². The van der Waals surface area contributed by atoms with Crippen molar-refractivity contribution in [3.8, 4) is 0 Å². The molecular formula is C12H16N2O. The molecule has 0 aliphatic carbocycles. The number of nitrogens with zero attached hydrogens (tertiary/aromatic N) is 1. The maximum absolute atomic E-state index is 11.5. The van der Waals surface area contributed by atoms with Crippen LogP contribution in [0.5, 0.6) is 0 Å². The van der Waals surface area contributed by atoms with Crippen molar-refractivity contribution in [3.05, 3.63) is 41.7 Å². The van der Waals surface area contributed by atoms with Crippen LogP contribution in [0.25, 0.3) is 0 Å². The van der Waals surface area contributed by atoms with Crippen LogP contribution in [0.3, 0.4) is 0 Å². The smallest absolute Gasteiger partial charge is 0.246 e. The van der Waals surface area contributed by atoms with E-state index in [0.717, 1.165) is 17.6 Å². The van der Waals surface area contributed by atoms with E-state index < -0.39 is 0 Å². The molecule has 0 radical (unpaired) electrons. The number of hydrogen-bond acceptors (Lipinski definition) is 2. The van der Waals surface area contributed by atoms with Crippen LogP contribution in [0, 0.1) is 0 Å². The van der Waals surface area contributed by atoms with Crippen LogP contribution in [0.15, 0.2) is 36.2 Å². The molecular weight excluding hydrogens is 188 g/mol. The van der Waals surface area contributed by atoms with Crippen molar-refractivity contribution in [1.82, 2.24) is 10.3 Å². The first kappa shape index (κ1) is 11.4. The predicted octanol–water partition coefficient (Wildman–Crippen LogP) is 2.05. The van der Waals surface area contributed by atoms with Gasteiger partial charge in [0, 0.05) is 24.5 Å². The predicted molar refractivity (Wildman–Crippen MR) is 60.1 cm³/mol. The minimum Gasteiger partial charge on any atom is -0.348 e. The molecule has 3 nitrogen and oxygen atoms in total. The van der Waals surface area contributed by atoms with Crippen molar-refractivity contribution in [2.45, 2.75) is 26.8 Å². The second-order valence-corrected chi connectivity index (χ2v) is 3.34. The third-order valence-corrected chi connectivity index (χ3v) is 2.04. The van der Waals surface area contributed by atoms with Gasteiger partial charge in [0.25, 0.3) is 0 Å². The topological polar surface area (TPSA) is 42.0 Å². The first-order valence-corrected chi connectivity index (χ1v) is 5.08. The van der Waals surface area contributed by atoms with Gasteiger partial charge in [0.15, 0.2) is 0 Å². The van der Waals surface area contributed by atoms with E-state index in [0.29, 0.717) is 6.54 Å². The molecule has 1 rings (SSSR count). The average Bonchev–Trinajstić information content (AvgIpc) is 2.27. The van der Waals surface area contributed by atoms with Crippen molar-refractivity contribution in [2.24, 2.45) is 0 Å². The lowest BCUT2D eigenvalue weighted by Crippen LogP contribution is -2.23. The van der Waals surface area contributed by atoms with Gasteiger partial charge in [-0.3, -0.25) is 9.78 Å². The van der Waals surface area contributed by atoms with Crippen molar-refractivity contribution < 1.29 is 4.79 Å². The summed E-state index contributed by atoms with van der Waals surface area (Å²) in [4.78, 5) is 15.5. The van der Waals surface area contributed by atoms with Crippen LogP contribution < -0.4 is 5.32 Å². The Morgan fingerprint density at radius 1 is 1.60 bits per heavy atom. The number of allylic oxidation sites excluding steroid dienone is 1. The maximum atomic E-state index is 11.5. The molecule has 0 saturated carbocycles. The Morgan fingerprint density at radius 2 is 2.40 bits per heavy atom. The zero-order valence-electron chi connectivity index (χ0n) is 9.16. The Kier molecular flexibility index (Phi) is 4.54. The minimum atomic E-state index is -0.0132. The van der Waals surface area contributed by atoms with E-state index in [1.165, 1.54) is 0 Å². The Bertz CT molecular complexity index is 344. The quantitative estimate of drug-likeness (QED) is 0.763. The van der Waals surface area contributed by atoms with Crippen molar-refractivity contribution in [1.29, 1.82) is 0 Å². The fourth-order valence-corrected chi connectivity index (χ4v) is 1.22. The highest BCUT2D eigenvalue weighted by atomic mass is 16.1. The molecule has 15 heavy (non-hydrogen) atoms. The van der Waals surface area contributed by atoms with Crippen molar-refractivity contribution >= 4 is 5.91 Å². The van der Waals surface area contributed by atoms with E-state index in [1.807, 2.05) is 32.1 Å². The number of nitrogens with one attached hydrogen (secondary N) is 1. The summed E-state index contributed by atoms with van der Waals surface area (Å²) < 4.78 is 0. The molecule has 0 bridgehead atoms. The molecule has 3 heteroatoms. The Labute approximate surface area is 90.2 Å². The molecule has 1 aromatic heterocycles. The summed E-state index contributed by atoms with van der Waals surface area (Å²) in [5.41, 5.74) is 1.77. The third kappa shape index (κ3) is 3.94. The molecule has 1 aromatic rings. The summed E-state index contributed by atoms with van der Waals surface area (Å²) in [6, 6.07) is 3.79. The van der Waals surface area contributed by atoms with Gasteiger partial charge in [-0.25, -0.2) is 0 Å². The van der Waals surface area contributed by atoms with Crippen LogP contribution in [0.4, 0.5) is 0 Å². The standard InChI is InChI=1S/C12H16N2O/c1-3-5-10(2)12(15)14-9-11-6-4-7-13-8-11/h4-8H,3,9H2,1-2H3,(H,14,15). The molecule has 0 aliphatic heterocycles. The number of hydrogen-bond donors (Lipinski definition) is 1. The summed E-state index contributed by atoms with van der Waals surface area (Å²) in [5, 5.41) is 2.84. The number of carbonyl (C=O) groups excluding carboxylic acids is 1. The zero-order chi connectivity index (χ0) is 11.1. The summed E-state index contributed by atoms with van der Waals surface area (Å²) in [6.45, 7) is 4.36. The van der Waals surface area contributed by atoms with E-state index in [9.17, 15) is 4.79 Å². The molecule has 0 unspecified atom stereocenters. The van der Waals surface area contributed by atoms with Gasteiger partial charge in [0.05, 0.1) is 0 Å². The van der Waals surface area contributed by atoms with Crippen molar-refractivity contribution in [2.75, 3.05) is 0 Å². The van der Waals surface area contributed by atoms with Gasteiger partial charge in [-0.05, 0) is 25.0 Å². The SMILES string of the molecule is CCC=C(C)C(=O)NCc1cccnc1. The molecule has 80 valence electrons. The van der Waals surface area contributed by atoms with Gasteiger partial charge in [0.2, 0.25) is 5.91 Å². The fraction of sp³-hybridized carbons (Fsp3) is 0.333. The number of amides is 1. The third-order valence-electron chi connectivity index (χ3n) is 2.04. The van der Waals surface area contributed by atoms with Gasteiger partial charge in [0.1, 0.15) is 0 Å². The highest BCUT2D eigenvalue weighted by Crippen LogP contribution is 1.98. The highest BCUT2D eigenvalue weighted by Gasteiger charge is 2.02. The van der Waals surface area contributed by atoms with Gasteiger partial charge >= 0.3 is 0 Å². The van der Waals surface area contributed by atoms with Crippen molar-refractivity contribution in [3.63, 3.8) is 0 Å². The van der Waals surface area contributed by atoms with Gasteiger partial charge in [-0.2, -0.15) is 0 Å². The molecule has 0 atom stereocenters. The van der Waals surface area contributed by atoms with Gasteiger partial charge in [-0.15, -0.1) is 0 Å². The van der Waals surface area contributed by atoms with Gasteiger partial charge < -0.3 is 5.32 Å². The monoisotopic (exact) mass is 204 g/mol. The second kappa shape index (κ2) is 5.96. The largest absolute Gasteiger partial charge is 0.348 e. The first-order chi connectivity index (χ1) is 7.24. The average molecular weight is 204 g/mol. The molecule has 0 fully saturated rings. The summed E-state index contributed by atoms with van der Waals surface area (Å²) in [7, 11) is 0. The number of carbonyl (C=O) groups is 1. The number of pyridine rings is 1. The molecule has 0 saturated heterocycles. The highest BCUT2D eigenvalue weighted by molar-refractivity contribution is 5.92. The number of aromatic nitrogens is 1. The van der Waals surface area contributed by atoms with E-state index >= 15 is 0 Å². The Balaban J connectivity index is 2.45. The Hall–Kier alpha value is -1.64. The second-order valence-electron chi connectivity index (χ2n) is 3.34. The van der Waals surface area contributed by atoms with Crippen LogP contribution in [-0.4, -0.2) is 10.9 Å². The summed E-state index contributed by atoms with van der Waals surface area (Å²) in [6.07, 6.45) is 6.26. The molecule has 0 aliphatic rings. The van der Waals surface area contributed by atoms with E-state index in [-0.39, 0.29) is 5.91 Å². The summed E-state index contributed by atoms with van der Waals surface area (Å²) >= 11 is 0. The van der Waals surface area contributed by atoms with Gasteiger partial charge in [-0.1, -0.05) is 19.1 Å². The lowest BCUT2D eigenvalue weighted by Gasteiger charge is -2.04. The summed E-state index contributed by atoms with van der Waals surface area (Å²) in [5.74, 6) is -0.0132. The van der Waals surface area contributed by atoms with E-state index in [1.54, 1.807) is 12.4 Å². The van der Waals surface area contributed by atoms with Crippen LogP contribution in [-0.2, 0) is 11.3 Å². The van der Waals surface area contributed by atoms with E-state index in [4.69, 9.17) is 0 Å². The van der Waals surface area contributed by atoms with Crippen LogP contribution in [0.2, 0.25) is 0 Å². The maximum Gasteiger partial charge on any atom is 0.246 e. The van der Waals surface area contributed by atoms with Crippen LogP contribution in [0.1, 0.15) is 25.8 Å². The molecule has 0 spiro atoms. The lowest BCUT2D eigenvalue weighted by atomic mass is 10.2. The first-order valence-electron chi connectivity index (χ1n) is 5.08. The van der Waals surface area contributed by atoms with E-state index in [2.05, 4.69) is 10.3 Å². The Morgan fingerprint density at radius 3 is 3.00 bits per heavy atom. The molecule has 0 aromatic carbocycles.